The fourth-order valence-electron chi connectivity index (χ4n) is 4.18. The Balaban J connectivity index is 1.79. The number of benzene rings is 2. The van der Waals surface area contributed by atoms with E-state index in [-0.39, 0.29) is 6.04 Å². The van der Waals surface area contributed by atoms with Crippen molar-refractivity contribution in [1.29, 1.82) is 0 Å². The highest BCUT2D eigenvalue weighted by Crippen LogP contribution is 2.42. The van der Waals surface area contributed by atoms with Gasteiger partial charge >= 0.3 is 12.1 Å². The zero-order valence-electron chi connectivity index (χ0n) is 14.1. The molecule has 3 nitrogen and oxygen atoms in total. The van der Waals surface area contributed by atoms with Crippen LogP contribution in [0.25, 0.3) is 0 Å². The number of nitrogens with one attached hydrogen (secondary N) is 1. The summed E-state index contributed by atoms with van der Waals surface area (Å²) in [5.74, 6) is -1.86. The van der Waals surface area contributed by atoms with E-state index in [1.165, 1.54) is 0 Å². The number of halogens is 3. The van der Waals surface area contributed by atoms with E-state index in [4.69, 9.17) is 0 Å². The third kappa shape index (κ3) is 2.93. The highest BCUT2D eigenvalue weighted by molar-refractivity contribution is 5.82. The number of piperidine rings is 1. The van der Waals surface area contributed by atoms with Gasteiger partial charge in [-0.15, -0.1) is 0 Å². The van der Waals surface area contributed by atoms with Crippen LogP contribution >= 0.6 is 0 Å². The first-order valence-electron chi connectivity index (χ1n) is 8.75. The van der Waals surface area contributed by atoms with Gasteiger partial charge in [-0.25, -0.2) is 0 Å². The number of carbonyl (C=O) groups is 1. The summed E-state index contributed by atoms with van der Waals surface area (Å²) in [5.41, 5.74) is 4.29. The number of hydrogen-bond acceptors (Lipinski definition) is 2. The van der Waals surface area contributed by atoms with Crippen molar-refractivity contribution in [3.63, 3.8) is 0 Å². The van der Waals surface area contributed by atoms with Gasteiger partial charge in [0, 0.05) is 12.2 Å². The van der Waals surface area contributed by atoms with Crippen LogP contribution in [0.5, 0.6) is 0 Å². The highest BCUT2D eigenvalue weighted by Gasteiger charge is 2.43. The summed E-state index contributed by atoms with van der Waals surface area (Å²) in [6.45, 7) is 0.758. The molecule has 0 aliphatic carbocycles. The Morgan fingerprint density at radius 2 is 1.73 bits per heavy atom. The lowest BCUT2D eigenvalue weighted by Gasteiger charge is -2.43. The van der Waals surface area contributed by atoms with E-state index in [2.05, 4.69) is 16.3 Å². The molecule has 1 amide bonds. The highest BCUT2D eigenvalue weighted by atomic mass is 19.4. The van der Waals surface area contributed by atoms with Gasteiger partial charge in [-0.3, -0.25) is 4.79 Å². The number of anilines is 1. The molecule has 2 aliphatic heterocycles. The van der Waals surface area contributed by atoms with Crippen molar-refractivity contribution in [2.75, 3.05) is 11.4 Å². The number of carbonyl (C=O) groups excluding carboxylic acids is 1. The summed E-state index contributed by atoms with van der Waals surface area (Å²) in [5, 5.41) is 2.25. The lowest BCUT2D eigenvalue weighted by atomic mass is 9.88. The first kappa shape index (κ1) is 16.9. The molecule has 6 heteroatoms. The number of para-hydroxylation sites is 1. The van der Waals surface area contributed by atoms with E-state index in [1.807, 2.05) is 42.5 Å². The SMILES string of the molecule is O=C(N[C@H]1CCCN2c3ccccc3Cc3ccccc3[C@@H]12)C(F)(F)F. The number of rotatable bonds is 1. The van der Waals surface area contributed by atoms with Gasteiger partial charge < -0.3 is 10.2 Å². The Kier molecular flexibility index (Phi) is 4.13. The summed E-state index contributed by atoms with van der Waals surface area (Å²) < 4.78 is 38.5. The molecule has 136 valence electrons. The molecule has 1 fully saturated rings. The van der Waals surface area contributed by atoms with E-state index >= 15 is 0 Å². The van der Waals surface area contributed by atoms with E-state index in [9.17, 15) is 18.0 Å². The second-order valence-corrected chi connectivity index (χ2v) is 6.86. The van der Waals surface area contributed by atoms with E-state index in [1.54, 1.807) is 0 Å². The van der Waals surface area contributed by atoms with Crippen LogP contribution in [0.4, 0.5) is 18.9 Å². The first-order chi connectivity index (χ1) is 12.4. The molecule has 2 aromatic carbocycles. The second kappa shape index (κ2) is 6.34. The molecule has 2 aliphatic rings. The predicted octanol–water partition coefficient (Wildman–Crippen LogP) is 3.98. The predicted molar refractivity (Wildman–Crippen MR) is 93.0 cm³/mol. The first-order valence-corrected chi connectivity index (χ1v) is 8.75. The van der Waals surface area contributed by atoms with Crippen LogP contribution < -0.4 is 10.2 Å². The molecule has 0 bridgehead atoms. The van der Waals surface area contributed by atoms with Gasteiger partial charge in [-0.2, -0.15) is 13.2 Å². The van der Waals surface area contributed by atoms with Crippen LogP contribution in [0, 0.1) is 0 Å². The molecule has 0 radical (unpaired) electrons. The zero-order valence-corrected chi connectivity index (χ0v) is 14.1. The molecule has 0 aromatic heterocycles. The Hall–Kier alpha value is -2.50. The van der Waals surface area contributed by atoms with Gasteiger partial charge in [0.1, 0.15) is 0 Å². The van der Waals surface area contributed by atoms with Gasteiger partial charge in [0.15, 0.2) is 0 Å². The van der Waals surface area contributed by atoms with E-state index in [0.29, 0.717) is 6.42 Å². The number of fused-ring (bicyclic) bond motifs is 5. The molecule has 0 spiro atoms. The van der Waals surface area contributed by atoms with Crippen molar-refractivity contribution in [3.8, 4) is 0 Å². The zero-order chi connectivity index (χ0) is 18.3. The largest absolute Gasteiger partial charge is 0.471 e. The van der Waals surface area contributed by atoms with Crippen molar-refractivity contribution < 1.29 is 18.0 Å². The van der Waals surface area contributed by atoms with Gasteiger partial charge in [-0.1, -0.05) is 42.5 Å². The Morgan fingerprint density at radius 1 is 1.04 bits per heavy atom. The molecule has 26 heavy (non-hydrogen) atoms. The number of amides is 1. The summed E-state index contributed by atoms with van der Waals surface area (Å²) in [6, 6.07) is 15.0. The average molecular weight is 360 g/mol. The Bertz CT molecular complexity index is 834. The van der Waals surface area contributed by atoms with Gasteiger partial charge in [0.2, 0.25) is 0 Å². The minimum absolute atomic E-state index is 0.296. The van der Waals surface area contributed by atoms with E-state index in [0.717, 1.165) is 41.8 Å². The second-order valence-electron chi connectivity index (χ2n) is 6.86. The summed E-state index contributed by atoms with van der Waals surface area (Å²) in [6.07, 6.45) is -2.88. The van der Waals surface area contributed by atoms with Gasteiger partial charge in [-0.05, 0) is 42.0 Å². The normalized spacial score (nSPS) is 21.9. The van der Waals surface area contributed by atoms with Crippen LogP contribution in [0.3, 0.4) is 0 Å². The molecule has 0 saturated carbocycles. The maximum Gasteiger partial charge on any atom is 0.471 e. The molecular weight excluding hydrogens is 341 g/mol. The molecule has 4 rings (SSSR count). The minimum Gasteiger partial charge on any atom is -0.362 e. The molecule has 0 unspecified atom stereocenters. The molecule has 1 saturated heterocycles. The monoisotopic (exact) mass is 360 g/mol. The summed E-state index contributed by atoms with van der Waals surface area (Å²) >= 11 is 0. The average Bonchev–Trinajstić information content (AvgIpc) is 2.76. The molecule has 2 atom stereocenters. The van der Waals surface area contributed by atoms with Crippen molar-refractivity contribution >= 4 is 11.6 Å². The van der Waals surface area contributed by atoms with Crippen molar-refractivity contribution in [3.05, 3.63) is 65.2 Å². The van der Waals surface area contributed by atoms with Crippen LogP contribution in [-0.4, -0.2) is 24.7 Å². The van der Waals surface area contributed by atoms with Gasteiger partial charge in [0.25, 0.3) is 0 Å². The number of alkyl halides is 3. The van der Waals surface area contributed by atoms with Crippen LogP contribution in [0.2, 0.25) is 0 Å². The van der Waals surface area contributed by atoms with Crippen LogP contribution in [0.15, 0.2) is 48.5 Å². The Labute approximate surface area is 149 Å². The fourth-order valence-corrected chi connectivity index (χ4v) is 4.18. The lowest BCUT2D eigenvalue weighted by Crippen LogP contribution is -2.53. The lowest BCUT2D eigenvalue weighted by molar-refractivity contribution is -0.174. The van der Waals surface area contributed by atoms with E-state index < -0.39 is 18.1 Å². The minimum atomic E-state index is -4.87. The summed E-state index contributed by atoms with van der Waals surface area (Å²) in [4.78, 5) is 13.8. The Morgan fingerprint density at radius 3 is 2.50 bits per heavy atom. The number of hydrogen-bond donors (Lipinski definition) is 1. The van der Waals surface area contributed by atoms with Crippen LogP contribution in [0.1, 0.15) is 35.6 Å². The third-order valence-electron chi connectivity index (χ3n) is 5.26. The molecule has 2 heterocycles. The fraction of sp³-hybridized carbons (Fsp3) is 0.350. The molecular formula is C20H19F3N2O. The summed E-state index contributed by atoms with van der Waals surface area (Å²) in [7, 11) is 0. The molecule has 2 aromatic rings. The van der Waals surface area contributed by atoms with Crippen molar-refractivity contribution in [2.45, 2.75) is 37.5 Å². The van der Waals surface area contributed by atoms with Gasteiger partial charge in [0.05, 0.1) is 12.1 Å². The van der Waals surface area contributed by atoms with Crippen molar-refractivity contribution in [1.82, 2.24) is 5.32 Å². The standard InChI is InChI=1S/C20H19F3N2O/c21-20(22,23)19(26)24-16-9-5-11-25-17-10-4-2-7-14(17)12-13-6-1-3-8-15(13)18(16)25/h1-4,6-8,10,16,18H,5,9,11-12H2,(H,24,26)/t16-,18-/m0/s1. The smallest absolute Gasteiger partial charge is 0.362 e. The van der Waals surface area contributed by atoms with Crippen molar-refractivity contribution in [2.24, 2.45) is 0 Å². The number of nitrogens with zero attached hydrogens (tertiary/aromatic N) is 1. The molecule has 1 N–H and O–H groups in total. The topological polar surface area (TPSA) is 32.3 Å². The quantitative estimate of drug-likeness (QED) is 0.834. The third-order valence-corrected chi connectivity index (χ3v) is 5.26. The maximum absolute atomic E-state index is 12.8. The van der Waals surface area contributed by atoms with Crippen LogP contribution in [-0.2, 0) is 11.2 Å². The maximum atomic E-state index is 12.8.